The highest BCUT2D eigenvalue weighted by molar-refractivity contribution is 6.31. The highest BCUT2D eigenvalue weighted by Gasteiger charge is 2.20. The average Bonchev–Trinajstić information content (AvgIpc) is 2.92. The second-order valence-corrected chi connectivity index (χ2v) is 5.36. The van der Waals surface area contributed by atoms with E-state index in [1.54, 1.807) is 0 Å². The number of anilines is 1. The summed E-state index contributed by atoms with van der Waals surface area (Å²) in [6, 6.07) is 6.08. The number of likely N-dealkylation sites (N-methyl/N-ethyl adjacent to an activating group) is 1. The van der Waals surface area contributed by atoms with Gasteiger partial charge in [-0.2, -0.15) is 0 Å². The van der Waals surface area contributed by atoms with Gasteiger partial charge in [-0.25, -0.2) is 0 Å². The Bertz CT molecular complexity index is 405. The standard InChI is InChI=1S/C15H23ClN2O/c1-2-18(11-12-5-4-10-19-12)15-7-3-6-14(16)13(15)8-9-17/h3,6-7,12H,2,4-5,8-11,17H2,1H3. The van der Waals surface area contributed by atoms with Crippen LogP contribution in [0.3, 0.4) is 0 Å². The van der Waals surface area contributed by atoms with Crippen molar-refractivity contribution in [2.45, 2.75) is 32.3 Å². The first-order valence-corrected chi connectivity index (χ1v) is 7.48. The first kappa shape index (κ1) is 14.6. The van der Waals surface area contributed by atoms with E-state index in [-0.39, 0.29) is 0 Å². The average molecular weight is 283 g/mol. The maximum atomic E-state index is 6.31. The van der Waals surface area contributed by atoms with Gasteiger partial charge in [0, 0.05) is 30.4 Å². The van der Waals surface area contributed by atoms with Crippen LogP contribution in [0, 0.1) is 0 Å². The molecule has 0 aliphatic carbocycles. The van der Waals surface area contributed by atoms with E-state index in [0.717, 1.165) is 43.1 Å². The molecule has 1 atom stereocenters. The fourth-order valence-electron chi connectivity index (χ4n) is 2.67. The Balaban J connectivity index is 2.18. The maximum Gasteiger partial charge on any atom is 0.0750 e. The zero-order chi connectivity index (χ0) is 13.7. The number of rotatable bonds is 6. The summed E-state index contributed by atoms with van der Waals surface area (Å²) < 4.78 is 5.74. The summed E-state index contributed by atoms with van der Waals surface area (Å²) in [6.45, 7) is 5.58. The van der Waals surface area contributed by atoms with E-state index >= 15 is 0 Å². The summed E-state index contributed by atoms with van der Waals surface area (Å²) in [5.41, 5.74) is 8.07. The zero-order valence-corrected chi connectivity index (χ0v) is 12.3. The lowest BCUT2D eigenvalue weighted by Crippen LogP contribution is -2.33. The Morgan fingerprint density at radius 1 is 1.47 bits per heavy atom. The summed E-state index contributed by atoms with van der Waals surface area (Å²) in [7, 11) is 0. The lowest BCUT2D eigenvalue weighted by molar-refractivity contribution is 0.115. The third kappa shape index (κ3) is 3.62. The van der Waals surface area contributed by atoms with Crippen LogP contribution in [0.25, 0.3) is 0 Å². The molecule has 4 heteroatoms. The SMILES string of the molecule is CCN(CC1CCCO1)c1cccc(Cl)c1CCN. The van der Waals surface area contributed by atoms with Gasteiger partial charge >= 0.3 is 0 Å². The van der Waals surface area contributed by atoms with E-state index in [1.165, 1.54) is 12.1 Å². The van der Waals surface area contributed by atoms with Crippen LogP contribution in [0.2, 0.25) is 5.02 Å². The van der Waals surface area contributed by atoms with Gasteiger partial charge in [0.25, 0.3) is 0 Å². The smallest absolute Gasteiger partial charge is 0.0750 e. The monoisotopic (exact) mass is 282 g/mol. The molecule has 1 fully saturated rings. The molecule has 0 amide bonds. The Morgan fingerprint density at radius 2 is 2.32 bits per heavy atom. The van der Waals surface area contributed by atoms with E-state index in [1.807, 2.05) is 12.1 Å². The summed E-state index contributed by atoms with van der Waals surface area (Å²) in [5, 5.41) is 0.814. The Hall–Kier alpha value is -0.770. The van der Waals surface area contributed by atoms with Gasteiger partial charge in [-0.3, -0.25) is 0 Å². The summed E-state index contributed by atoms with van der Waals surface area (Å²) >= 11 is 6.31. The molecule has 0 aromatic heterocycles. The molecule has 1 aliphatic heterocycles. The van der Waals surface area contributed by atoms with Gasteiger partial charge in [0.05, 0.1) is 6.10 Å². The Morgan fingerprint density at radius 3 is 2.95 bits per heavy atom. The molecule has 1 aromatic carbocycles. The Labute approximate surface area is 120 Å². The predicted octanol–water partition coefficient (Wildman–Crippen LogP) is 2.85. The first-order valence-electron chi connectivity index (χ1n) is 7.10. The van der Waals surface area contributed by atoms with Crippen molar-refractivity contribution in [3.8, 4) is 0 Å². The molecular formula is C15H23ClN2O. The van der Waals surface area contributed by atoms with Crippen molar-refractivity contribution in [3.05, 3.63) is 28.8 Å². The van der Waals surface area contributed by atoms with E-state index < -0.39 is 0 Å². The highest BCUT2D eigenvalue weighted by Crippen LogP contribution is 2.29. The van der Waals surface area contributed by atoms with Gasteiger partial charge in [-0.1, -0.05) is 17.7 Å². The predicted molar refractivity (Wildman–Crippen MR) is 81.1 cm³/mol. The molecule has 106 valence electrons. The minimum atomic E-state index is 0.352. The van der Waals surface area contributed by atoms with Gasteiger partial charge in [0.1, 0.15) is 0 Å². The molecule has 1 saturated heterocycles. The third-order valence-corrected chi connectivity index (χ3v) is 4.01. The van der Waals surface area contributed by atoms with Crippen molar-refractivity contribution in [1.82, 2.24) is 0 Å². The summed E-state index contributed by atoms with van der Waals surface area (Å²) in [5.74, 6) is 0. The molecule has 1 unspecified atom stereocenters. The molecule has 1 aliphatic rings. The fourth-order valence-corrected chi connectivity index (χ4v) is 2.93. The largest absolute Gasteiger partial charge is 0.376 e. The van der Waals surface area contributed by atoms with Gasteiger partial charge in [-0.15, -0.1) is 0 Å². The second-order valence-electron chi connectivity index (χ2n) is 4.95. The molecule has 2 rings (SSSR count). The second kappa shape index (κ2) is 7.13. The van der Waals surface area contributed by atoms with Crippen molar-refractivity contribution in [3.63, 3.8) is 0 Å². The third-order valence-electron chi connectivity index (χ3n) is 3.66. The molecule has 19 heavy (non-hydrogen) atoms. The van der Waals surface area contributed by atoms with Crippen molar-refractivity contribution in [2.75, 3.05) is 31.1 Å². The van der Waals surface area contributed by atoms with Crippen LogP contribution in [0.1, 0.15) is 25.3 Å². The lowest BCUT2D eigenvalue weighted by Gasteiger charge is -2.28. The molecule has 2 N–H and O–H groups in total. The van der Waals surface area contributed by atoms with Gasteiger partial charge in [0.15, 0.2) is 0 Å². The van der Waals surface area contributed by atoms with Crippen molar-refractivity contribution in [2.24, 2.45) is 5.73 Å². The Kier molecular flexibility index (Phi) is 5.49. The summed E-state index contributed by atoms with van der Waals surface area (Å²) in [6.07, 6.45) is 3.50. The van der Waals surface area contributed by atoms with Crippen LogP contribution in [0.15, 0.2) is 18.2 Å². The number of halogens is 1. The van der Waals surface area contributed by atoms with Gasteiger partial charge in [-0.05, 0) is 50.4 Å². The van der Waals surface area contributed by atoms with E-state index in [2.05, 4.69) is 17.9 Å². The van der Waals surface area contributed by atoms with Gasteiger partial charge < -0.3 is 15.4 Å². The van der Waals surface area contributed by atoms with Crippen molar-refractivity contribution in [1.29, 1.82) is 0 Å². The van der Waals surface area contributed by atoms with E-state index in [0.29, 0.717) is 12.6 Å². The van der Waals surface area contributed by atoms with E-state index in [9.17, 15) is 0 Å². The number of nitrogens with zero attached hydrogens (tertiary/aromatic N) is 1. The highest BCUT2D eigenvalue weighted by atomic mass is 35.5. The van der Waals surface area contributed by atoms with Crippen LogP contribution >= 0.6 is 11.6 Å². The zero-order valence-electron chi connectivity index (χ0n) is 11.6. The molecular weight excluding hydrogens is 260 g/mol. The van der Waals surface area contributed by atoms with Crippen LogP contribution in [0.4, 0.5) is 5.69 Å². The van der Waals surface area contributed by atoms with Crippen molar-refractivity contribution < 1.29 is 4.74 Å². The van der Waals surface area contributed by atoms with Crippen LogP contribution < -0.4 is 10.6 Å². The first-order chi connectivity index (χ1) is 9.26. The quantitative estimate of drug-likeness (QED) is 0.872. The topological polar surface area (TPSA) is 38.5 Å². The maximum absolute atomic E-state index is 6.31. The van der Waals surface area contributed by atoms with E-state index in [4.69, 9.17) is 22.1 Å². The molecule has 1 heterocycles. The number of hydrogen-bond donors (Lipinski definition) is 1. The molecule has 0 radical (unpaired) electrons. The number of hydrogen-bond acceptors (Lipinski definition) is 3. The molecule has 3 nitrogen and oxygen atoms in total. The van der Waals surface area contributed by atoms with Crippen LogP contribution in [0.5, 0.6) is 0 Å². The van der Waals surface area contributed by atoms with Crippen LogP contribution in [-0.2, 0) is 11.2 Å². The number of nitrogens with two attached hydrogens (primary N) is 1. The fraction of sp³-hybridized carbons (Fsp3) is 0.600. The number of benzene rings is 1. The minimum absolute atomic E-state index is 0.352. The summed E-state index contributed by atoms with van der Waals surface area (Å²) in [4.78, 5) is 2.35. The normalized spacial score (nSPS) is 18.8. The molecule has 0 spiro atoms. The van der Waals surface area contributed by atoms with Crippen LogP contribution in [-0.4, -0.2) is 32.3 Å². The van der Waals surface area contributed by atoms with Gasteiger partial charge in [0.2, 0.25) is 0 Å². The number of ether oxygens (including phenoxy) is 1. The molecule has 0 saturated carbocycles. The lowest BCUT2D eigenvalue weighted by atomic mass is 10.1. The molecule has 1 aromatic rings. The minimum Gasteiger partial charge on any atom is -0.376 e. The van der Waals surface area contributed by atoms with Crippen molar-refractivity contribution >= 4 is 17.3 Å². The molecule has 0 bridgehead atoms.